The molecule has 0 amide bonds. The van der Waals surface area contributed by atoms with Crippen molar-refractivity contribution in [3.05, 3.63) is 43.7 Å². The van der Waals surface area contributed by atoms with Gasteiger partial charge in [-0.2, -0.15) is 28.8 Å². The minimum Gasteiger partial charge on any atom is -0.328 e. The maximum atomic E-state index is 13.0. The SMILES string of the molecule is CSc1nn(-c2c(Cl)cc(C(F)(F)F)cc2Cl)c(Br)c1-c1nc(C#N)c(C#N)[nH]1. The molecule has 148 valence electrons. The largest absolute Gasteiger partial charge is 0.416 e. The van der Waals surface area contributed by atoms with Gasteiger partial charge in [-0.1, -0.05) is 23.2 Å². The lowest BCUT2D eigenvalue weighted by atomic mass is 10.2. The van der Waals surface area contributed by atoms with Crippen molar-refractivity contribution in [2.75, 3.05) is 6.26 Å². The first-order valence-corrected chi connectivity index (χ1v) is 10.2. The Bertz CT molecular complexity index is 1150. The molecule has 6 nitrogen and oxygen atoms in total. The lowest BCUT2D eigenvalue weighted by Crippen LogP contribution is -2.07. The van der Waals surface area contributed by atoms with Crippen molar-refractivity contribution in [2.45, 2.75) is 11.2 Å². The fourth-order valence-electron chi connectivity index (χ4n) is 2.45. The number of hydrogen-bond acceptors (Lipinski definition) is 5. The molecule has 0 bridgehead atoms. The molecule has 2 heterocycles. The first kappa shape index (κ1) is 21.5. The summed E-state index contributed by atoms with van der Waals surface area (Å²) in [6.07, 6.45) is -2.89. The van der Waals surface area contributed by atoms with E-state index < -0.39 is 11.7 Å². The fourth-order valence-corrected chi connectivity index (χ4v) is 4.43. The van der Waals surface area contributed by atoms with Crippen molar-refractivity contribution in [3.8, 4) is 29.2 Å². The van der Waals surface area contributed by atoms with Crippen LogP contribution in [0.2, 0.25) is 10.0 Å². The van der Waals surface area contributed by atoms with Gasteiger partial charge in [0, 0.05) is 0 Å². The molecule has 2 aromatic heterocycles. The van der Waals surface area contributed by atoms with Gasteiger partial charge in [-0.3, -0.25) is 0 Å². The molecule has 0 spiro atoms. The highest BCUT2D eigenvalue weighted by Gasteiger charge is 2.33. The molecule has 3 aromatic rings. The van der Waals surface area contributed by atoms with Crippen molar-refractivity contribution < 1.29 is 13.2 Å². The Labute approximate surface area is 184 Å². The summed E-state index contributed by atoms with van der Waals surface area (Å²) < 4.78 is 40.5. The smallest absolute Gasteiger partial charge is 0.328 e. The van der Waals surface area contributed by atoms with Gasteiger partial charge in [0.15, 0.2) is 11.4 Å². The molecule has 0 aliphatic heterocycles. The molecule has 0 aliphatic rings. The van der Waals surface area contributed by atoms with E-state index in [1.807, 2.05) is 12.1 Å². The molecule has 1 N–H and O–H groups in total. The molecule has 3 rings (SSSR count). The maximum Gasteiger partial charge on any atom is 0.416 e. The van der Waals surface area contributed by atoms with Crippen LogP contribution in [-0.4, -0.2) is 26.0 Å². The number of H-pyrrole nitrogens is 1. The molecule has 29 heavy (non-hydrogen) atoms. The van der Waals surface area contributed by atoms with Crippen molar-refractivity contribution in [1.29, 1.82) is 10.5 Å². The molecule has 0 saturated carbocycles. The second-order valence-electron chi connectivity index (χ2n) is 5.41. The van der Waals surface area contributed by atoms with E-state index in [4.69, 9.17) is 33.7 Å². The van der Waals surface area contributed by atoms with E-state index in [2.05, 4.69) is 31.0 Å². The number of nitrogens with one attached hydrogen (secondary N) is 1. The second kappa shape index (κ2) is 7.92. The summed E-state index contributed by atoms with van der Waals surface area (Å²) in [7, 11) is 0. The highest BCUT2D eigenvalue weighted by atomic mass is 79.9. The van der Waals surface area contributed by atoms with Crippen molar-refractivity contribution in [2.24, 2.45) is 0 Å². The van der Waals surface area contributed by atoms with Gasteiger partial charge >= 0.3 is 6.18 Å². The normalized spacial score (nSPS) is 11.3. The minimum absolute atomic E-state index is 0.0280. The number of nitrogens with zero attached hydrogens (tertiary/aromatic N) is 5. The molecule has 13 heteroatoms. The van der Waals surface area contributed by atoms with Gasteiger partial charge in [-0.05, 0) is 34.3 Å². The summed E-state index contributed by atoms with van der Waals surface area (Å²) in [5, 5.41) is 22.4. The summed E-state index contributed by atoms with van der Waals surface area (Å²) in [6, 6.07) is 5.15. The van der Waals surface area contributed by atoms with Crippen LogP contribution in [-0.2, 0) is 6.18 Å². The molecule has 0 unspecified atom stereocenters. The number of aromatic amines is 1. The fraction of sp³-hybridized carbons (Fsp3) is 0.125. The van der Waals surface area contributed by atoms with Gasteiger partial charge in [0.05, 0.1) is 21.2 Å². The van der Waals surface area contributed by atoms with E-state index in [1.165, 1.54) is 16.4 Å². The van der Waals surface area contributed by atoms with Crippen LogP contribution >= 0.6 is 50.9 Å². The van der Waals surface area contributed by atoms with Crippen LogP contribution in [0.5, 0.6) is 0 Å². The van der Waals surface area contributed by atoms with Crippen molar-refractivity contribution in [1.82, 2.24) is 19.7 Å². The first-order chi connectivity index (χ1) is 13.6. The van der Waals surface area contributed by atoms with Crippen LogP contribution in [0.15, 0.2) is 21.8 Å². The number of rotatable bonds is 3. The zero-order chi connectivity index (χ0) is 21.5. The molecule has 1 aromatic carbocycles. The van der Waals surface area contributed by atoms with E-state index in [0.29, 0.717) is 10.6 Å². The van der Waals surface area contributed by atoms with E-state index >= 15 is 0 Å². The monoisotopic (exact) mass is 520 g/mol. The van der Waals surface area contributed by atoms with Crippen LogP contribution in [0.3, 0.4) is 0 Å². The van der Waals surface area contributed by atoms with Crippen molar-refractivity contribution >= 4 is 50.9 Å². The predicted molar refractivity (Wildman–Crippen MR) is 105 cm³/mol. The van der Waals surface area contributed by atoms with Gasteiger partial charge in [0.25, 0.3) is 0 Å². The number of alkyl halides is 3. The number of imidazole rings is 1. The number of nitriles is 2. The predicted octanol–water partition coefficient (Wildman–Crippen LogP) is 5.82. The highest BCUT2D eigenvalue weighted by molar-refractivity contribution is 9.10. The van der Waals surface area contributed by atoms with Gasteiger partial charge in [-0.15, -0.1) is 11.8 Å². The molecular weight excluding hydrogens is 516 g/mol. The average Bonchev–Trinajstić information content (AvgIpc) is 3.20. The van der Waals surface area contributed by atoms with Gasteiger partial charge in [-0.25, -0.2) is 9.67 Å². The van der Waals surface area contributed by atoms with Crippen LogP contribution in [0.4, 0.5) is 13.2 Å². The Kier molecular flexibility index (Phi) is 5.88. The summed E-state index contributed by atoms with van der Waals surface area (Å²) >= 11 is 16.7. The lowest BCUT2D eigenvalue weighted by Gasteiger charge is -2.13. The zero-order valence-corrected chi connectivity index (χ0v) is 18.0. The van der Waals surface area contributed by atoms with Crippen molar-refractivity contribution in [3.63, 3.8) is 0 Å². The molecule has 0 radical (unpaired) electrons. The average molecular weight is 522 g/mol. The molecule has 0 saturated heterocycles. The quantitative estimate of drug-likeness (QED) is 0.438. The third kappa shape index (κ3) is 3.83. The molecule has 0 atom stereocenters. The zero-order valence-electron chi connectivity index (χ0n) is 14.1. The Morgan fingerprint density at radius 2 is 1.83 bits per heavy atom. The van der Waals surface area contributed by atoms with Gasteiger partial charge in [0.1, 0.15) is 33.3 Å². The molecule has 0 fully saturated rings. The highest BCUT2D eigenvalue weighted by Crippen LogP contribution is 2.42. The number of halogens is 6. The molecule has 0 aliphatic carbocycles. The number of thioether (sulfide) groups is 1. The van der Waals surface area contributed by atoms with Crippen LogP contribution in [0.25, 0.3) is 17.1 Å². The van der Waals surface area contributed by atoms with E-state index in [0.717, 1.165) is 12.1 Å². The summed E-state index contributed by atoms with van der Waals surface area (Å²) in [6.45, 7) is 0. The van der Waals surface area contributed by atoms with E-state index in [1.54, 1.807) is 6.26 Å². The standard InChI is InChI=1S/C16H6BrCl2F3N6S/c1-29-15-11(14-25-9(4-23)10(5-24)26-14)13(17)28(27-15)12-7(18)2-6(3-8(12)19)16(20,21)22/h2-3H,1H3,(H,25,26). The summed E-state index contributed by atoms with van der Waals surface area (Å²) in [5.41, 5.74) is -0.697. The van der Waals surface area contributed by atoms with E-state index in [9.17, 15) is 13.2 Å². The topological polar surface area (TPSA) is 94.1 Å². The van der Waals surface area contributed by atoms with Gasteiger partial charge < -0.3 is 4.98 Å². The lowest BCUT2D eigenvalue weighted by molar-refractivity contribution is -0.137. The Hall–Kier alpha value is -2.18. The van der Waals surface area contributed by atoms with Crippen LogP contribution in [0, 0.1) is 22.7 Å². The van der Waals surface area contributed by atoms with Crippen LogP contribution in [0.1, 0.15) is 17.0 Å². The Morgan fingerprint density at radius 3 is 2.28 bits per heavy atom. The summed E-state index contributed by atoms with van der Waals surface area (Å²) in [5.74, 6) is 0.180. The first-order valence-electron chi connectivity index (χ1n) is 7.42. The third-order valence-corrected chi connectivity index (χ3v) is 5.69. The number of benzene rings is 1. The Balaban J connectivity index is 2.24. The van der Waals surface area contributed by atoms with Crippen LogP contribution < -0.4 is 0 Å². The number of hydrogen-bond donors (Lipinski definition) is 1. The summed E-state index contributed by atoms with van der Waals surface area (Å²) in [4.78, 5) is 6.82. The Morgan fingerprint density at radius 1 is 1.21 bits per heavy atom. The van der Waals surface area contributed by atoms with E-state index in [-0.39, 0.29) is 37.5 Å². The van der Waals surface area contributed by atoms with Gasteiger partial charge in [0.2, 0.25) is 0 Å². The third-order valence-electron chi connectivity index (χ3n) is 3.70. The second-order valence-corrected chi connectivity index (χ2v) is 7.77. The molecular formula is C16H6BrCl2F3N6S. The maximum absolute atomic E-state index is 13.0. The number of aromatic nitrogens is 4. The minimum atomic E-state index is -4.61.